The van der Waals surface area contributed by atoms with Gasteiger partial charge >= 0.3 is 6.11 Å². The smallest absolute Gasteiger partial charge is 0.419 e. The number of allylic oxidation sites excluding steroid dienone is 1. The van der Waals surface area contributed by atoms with Gasteiger partial charge in [0.2, 0.25) is 11.6 Å². The van der Waals surface area contributed by atoms with Crippen molar-refractivity contribution in [2.45, 2.75) is 84.2 Å². The van der Waals surface area contributed by atoms with E-state index in [2.05, 4.69) is 11.7 Å². The van der Waals surface area contributed by atoms with Gasteiger partial charge in [-0.25, -0.2) is 0 Å². The first kappa shape index (κ1) is 24.9. The van der Waals surface area contributed by atoms with Crippen LogP contribution in [0.2, 0.25) is 0 Å². The maximum absolute atomic E-state index is 14.3. The average Bonchev–Trinajstić information content (AvgIpc) is 2.79. The van der Waals surface area contributed by atoms with Gasteiger partial charge < -0.3 is 9.47 Å². The summed E-state index contributed by atoms with van der Waals surface area (Å²) in [5.41, 5.74) is 0. The molecule has 180 valence electrons. The van der Waals surface area contributed by atoms with Crippen LogP contribution in [0.5, 0.6) is 11.5 Å². The van der Waals surface area contributed by atoms with Crippen molar-refractivity contribution in [3.8, 4) is 11.5 Å². The van der Waals surface area contributed by atoms with Crippen molar-refractivity contribution in [1.29, 1.82) is 0 Å². The van der Waals surface area contributed by atoms with Crippen molar-refractivity contribution >= 4 is 0 Å². The van der Waals surface area contributed by atoms with E-state index in [1.54, 1.807) is 6.92 Å². The summed E-state index contributed by atoms with van der Waals surface area (Å²) in [6, 6.07) is 2.06. The average molecular weight is 457 g/mol. The number of benzene rings is 1. The van der Waals surface area contributed by atoms with Gasteiger partial charge in [0.05, 0.1) is 6.61 Å². The molecule has 0 heterocycles. The summed E-state index contributed by atoms with van der Waals surface area (Å²) >= 11 is 0. The second kappa shape index (κ2) is 11.4. The molecule has 0 spiro atoms. The number of ether oxygens (including phenoxy) is 2. The molecule has 0 amide bonds. The zero-order chi connectivity index (χ0) is 23.1. The third-order valence-electron chi connectivity index (χ3n) is 7.19. The molecule has 2 saturated carbocycles. The van der Waals surface area contributed by atoms with Crippen molar-refractivity contribution in [1.82, 2.24) is 0 Å². The van der Waals surface area contributed by atoms with Gasteiger partial charge in [-0.1, -0.05) is 38.7 Å². The minimum Gasteiger partial charge on any atom is -0.491 e. The Hall–Kier alpha value is -1.72. The lowest BCUT2D eigenvalue weighted by Crippen LogP contribution is -2.26. The minimum absolute atomic E-state index is 0.0686. The summed E-state index contributed by atoms with van der Waals surface area (Å²) in [4.78, 5) is 0. The van der Waals surface area contributed by atoms with E-state index in [9.17, 15) is 17.6 Å². The SMILES string of the molecule is CCCC1CCC(C2CCC(/C=C/C(F)(F)Oc3ccc(OCC)c(F)c3F)CC2)CC1. The molecule has 32 heavy (non-hydrogen) atoms. The third kappa shape index (κ3) is 6.64. The highest BCUT2D eigenvalue weighted by Gasteiger charge is 2.33. The van der Waals surface area contributed by atoms with Gasteiger partial charge in [0.15, 0.2) is 11.5 Å². The molecule has 0 radical (unpaired) electrons. The molecular weight excluding hydrogens is 420 g/mol. The summed E-state index contributed by atoms with van der Waals surface area (Å²) in [5.74, 6) is -1.50. The van der Waals surface area contributed by atoms with Crippen molar-refractivity contribution in [2.75, 3.05) is 6.61 Å². The Kier molecular flexibility index (Phi) is 8.89. The number of rotatable bonds is 9. The monoisotopic (exact) mass is 456 g/mol. The molecule has 0 atom stereocenters. The van der Waals surface area contributed by atoms with Crippen LogP contribution in [0.15, 0.2) is 24.3 Å². The standard InChI is InChI=1S/C26H36F4O2/c1-3-5-18-6-10-20(11-7-18)21-12-8-19(9-13-21)16-17-26(29,30)32-23-15-14-22(31-4-2)24(27)25(23)28/h14-21H,3-13H2,1-2H3/b17-16+. The Bertz CT molecular complexity index is 748. The van der Waals surface area contributed by atoms with E-state index in [0.717, 1.165) is 49.7 Å². The van der Waals surface area contributed by atoms with Crippen molar-refractivity contribution < 1.29 is 27.0 Å². The van der Waals surface area contributed by atoms with E-state index < -0.39 is 23.5 Å². The zero-order valence-electron chi connectivity index (χ0n) is 19.2. The van der Waals surface area contributed by atoms with Gasteiger partial charge in [-0.15, -0.1) is 0 Å². The second-order valence-electron chi connectivity index (χ2n) is 9.39. The molecule has 3 rings (SSSR count). The molecule has 0 N–H and O–H groups in total. The molecule has 1 aromatic carbocycles. The fourth-order valence-corrected chi connectivity index (χ4v) is 5.45. The molecular formula is C26H36F4O2. The Morgan fingerprint density at radius 2 is 1.44 bits per heavy atom. The Morgan fingerprint density at radius 1 is 0.875 bits per heavy atom. The van der Waals surface area contributed by atoms with Gasteiger partial charge in [-0.3, -0.25) is 0 Å². The topological polar surface area (TPSA) is 18.5 Å². The van der Waals surface area contributed by atoms with E-state index in [-0.39, 0.29) is 18.3 Å². The van der Waals surface area contributed by atoms with Crippen LogP contribution in [0.3, 0.4) is 0 Å². The molecule has 6 heteroatoms. The van der Waals surface area contributed by atoms with E-state index >= 15 is 0 Å². The van der Waals surface area contributed by atoms with Crippen molar-refractivity contribution in [2.24, 2.45) is 23.7 Å². The van der Waals surface area contributed by atoms with E-state index in [1.165, 1.54) is 44.6 Å². The van der Waals surface area contributed by atoms with E-state index in [4.69, 9.17) is 4.74 Å². The highest BCUT2D eigenvalue weighted by atomic mass is 19.3. The first-order valence-corrected chi connectivity index (χ1v) is 12.2. The summed E-state index contributed by atoms with van der Waals surface area (Å²) in [7, 11) is 0. The van der Waals surface area contributed by atoms with Gasteiger partial charge in [0.1, 0.15) is 0 Å². The summed E-state index contributed by atoms with van der Waals surface area (Å²) in [6.45, 7) is 4.01. The zero-order valence-corrected chi connectivity index (χ0v) is 19.2. The van der Waals surface area contributed by atoms with Gasteiger partial charge in [-0.05, 0) is 81.3 Å². The third-order valence-corrected chi connectivity index (χ3v) is 7.19. The van der Waals surface area contributed by atoms with E-state index in [0.29, 0.717) is 12.0 Å². The number of halogens is 4. The van der Waals surface area contributed by atoms with Crippen LogP contribution in [-0.4, -0.2) is 12.7 Å². The minimum atomic E-state index is -3.71. The predicted octanol–water partition coefficient (Wildman–Crippen LogP) is 8.30. The maximum Gasteiger partial charge on any atom is 0.419 e. The van der Waals surface area contributed by atoms with Gasteiger partial charge in [0, 0.05) is 6.08 Å². The largest absolute Gasteiger partial charge is 0.491 e. The lowest BCUT2D eigenvalue weighted by molar-refractivity contribution is -0.134. The van der Waals surface area contributed by atoms with E-state index in [1.807, 2.05) is 0 Å². The second-order valence-corrected chi connectivity index (χ2v) is 9.39. The molecule has 0 bridgehead atoms. The molecule has 2 aliphatic rings. The molecule has 0 unspecified atom stereocenters. The van der Waals surface area contributed by atoms with Crippen molar-refractivity contribution in [3.05, 3.63) is 35.9 Å². The molecule has 2 nitrogen and oxygen atoms in total. The van der Waals surface area contributed by atoms with Crippen LogP contribution in [0, 0.1) is 35.3 Å². The molecule has 2 aliphatic carbocycles. The van der Waals surface area contributed by atoms with Gasteiger partial charge in [-0.2, -0.15) is 17.6 Å². The molecule has 1 aromatic rings. The van der Waals surface area contributed by atoms with Crippen LogP contribution in [0.1, 0.15) is 78.1 Å². The molecule has 0 aromatic heterocycles. The Labute approximate surface area is 189 Å². The number of hydrogen-bond acceptors (Lipinski definition) is 2. The summed E-state index contributed by atoms with van der Waals surface area (Å²) in [5, 5.41) is 0. The fraction of sp³-hybridized carbons (Fsp3) is 0.692. The first-order chi connectivity index (χ1) is 15.3. The first-order valence-electron chi connectivity index (χ1n) is 12.2. The molecule has 0 saturated heterocycles. The highest BCUT2D eigenvalue weighted by Crippen LogP contribution is 2.42. The quantitative estimate of drug-likeness (QED) is 0.275. The van der Waals surface area contributed by atoms with Crippen LogP contribution >= 0.6 is 0 Å². The maximum atomic E-state index is 14.3. The molecule has 2 fully saturated rings. The normalized spacial score (nSPS) is 26.9. The Balaban J connectivity index is 1.49. The Morgan fingerprint density at radius 3 is 2.03 bits per heavy atom. The summed E-state index contributed by atoms with van der Waals surface area (Å²) in [6.07, 6.45) is 10.3. The lowest BCUT2D eigenvalue weighted by Gasteiger charge is -2.37. The van der Waals surface area contributed by atoms with Crippen LogP contribution in [0.4, 0.5) is 17.6 Å². The van der Waals surface area contributed by atoms with Gasteiger partial charge in [0.25, 0.3) is 0 Å². The van der Waals surface area contributed by atoms with Crippen molar-refractivity contribution in [3.63, 3.8) is 0 Å². The van der Waals surface area contributed by atoms with Crippen LogP contribution in [-0.2, 0) is 0 Å². The number of hydrogen-bond donors (Lipinski definition) is 0. The van der Waals surface area contributed by atoms with Crippen LogP contribution < -0.4 is 9.47 Å². The molecule has 0 aliphatic heterocycles. The van der Waals surface area contributed by atoms with Crippen LogP contribution in [0.25, 0.3) is 0 Å². The fourth-order valence-electron chi connectivity index (χ4n) is 5.45. The lowest BCUT2D eigenvalue weighted by atomic mass is 9.69. The summed E-state index contributed by atoms with van der Waals surface area (Å²) < 4.78 is 65.9. The predicted molar refractivity (Wildman–Crippen MR) is 118 cm³/mol. The number of alkyl halides is 2. The highest BCUT2D eigenvalue weighted by molar-refractivity contribution is 5.35.